The molecule has 0 bridgehead atoms. The molecule has 2 aromatic carbocycles. The highest BCUT2D eigenvalue weighted by Crippen LogP contribution is 2.16. The Balaban J connectivity index is 2.02. The number of hydrogen-bond donors (Lipinski definition) is 0. The number of carbonyl (C=O) groups excluding carboxylic acids is 3. The van der Waals surface area contributed by atoms with Gasteiger partial charge in [0.2, 0.25) is 0 Å². The van der Waals surface area contributed by atoms with Crippen molar-refractivity contribution in [2.24, 2.45) is 0 Å². The van der Waals surface area contributed by atoms with E-state index < -0.39 is 18.1 Å². The van der Waals surface area contributed by atoms with Crippen LogP contribution in [0.4, 0.5) is 16.2 Å². The summed E-state index contributed by atoms with van der Waals surface area (Å²) in [5.74, 6) is -1.79. The first-order valence-electron chi connectivity index (χ1n) is 7.81. The van der Waals surface area contributed by atoms with Crippen LogP contribution in [0, 0.1) is 0 Å². The Morgan fingerprint density at radius 2 is 1.08 bits per heavy atom. The molecule has 0 aromatic heterocycles. The van der Waals surface area contributed by atoms with Gasteiger partial charge in [0.1, 0.15) is 0 Å². The van der Waals surface area contributed by atoms with Crippen molar-refractivity contribution in [1.29, 1.82) is 0 Å². The molecule has 0 heterocycles. The molecule has 0 aliphatic heterocycles. The fourth-order valence-corrected chi connectivity index (χ4v) is 2.11. The smallest absolute Gasteiger partial charge is 0.378 e. The lowest BCUT2D eigenvalue weighted by atomic mass is 10.2. The summed E-state index contributed by atoms with van der Waals surface area (Å²) in [5, 5.41) is 0. The largest absolute Gasteiger partial charge is 0.524 e. The van der Waals surface area contributed by atoms with Crippen molar-refractivity contribution < 1.29 is 23.9 Å². The van der Waals surface area contributed by atoms with Crippen LogP contribution in [0.15, 0.2) is 48.5 Å². The first kappa shape index (κ1) is 19.0. The zero-order valence-electron chi connectivity index (χ0n) is 15.1. The predicted octanol–water partition coefficient (Wildman–Crippen LogP) is 2.95. The number of esters is 2. The van der Waals surface area contributed by atoms with E-state index in [1.807, 2.05) is 28.2 Å². The average molecular weight is 356 g/mol. The Morgan fingerprint density at radius 1 is 0.692 bits per heavy atom. The minimum absolute atomic E-state index is 0.176. The SMILES string of the molecule is CN(C)c1cccc(C(=O)OC(=O)OC(=O)c2cccc(N(C)C)c2)c1. The molecule has 0 N–H and O–H groups in total. The molecular formula is C19H20N2O5. The van der Waals surface area contributed by atoms with Gasteiger partial charge in [-0.2, -0.15) is 0 Å². The van der Waals surface area contributed by atoms with Gasteiger partial charge in [-0.3, -0.25) is 0 Å². The lowest BCUT2D eigenvalue weighted by Gasteiger charge is -2.13. The van der Waals surface area contributed by atoms with E-state index in [9.17, 15) is 14.4 Å². The normalized spacial score (nSPS) is 10.0. The van der Waals surface area contributed by atoms with Gasteiger partial charge in [0.05, 0.1) is 11.1 Å². The summed E-state index contributed by atoms with van der Waals surface area (Å²) in [6, 6.07) is 13.1. The number of nitrogens with zero attached hydrogens (tertiary/aromatic N) is 2. The second-order valence-corrected chi connectivity index (χ2v) is 5.92. The molecule has 2 rings (SSSR count). The van der Waals surface area contributed by atoms with Gasteiger partial charge < -0.3 is 19.3 Å². The van der Waals surface area contributed by atoms with Gasteiger partial charge in [-0.25, -0.2) is 14.4 Å². The summed E-state index contributed by atoms with van der Waals surface area (Å²) >= 11 is 0. The third-order valence-corrected chi connectivity index (χ3v) is 3.55. The topological polar surface area (TPSA) is 76.1 Å². The number of carbonyl (C=O) groups is 3. The van der Waals surface area contributed by atoms with Crippen LogP contribution >= 0.6 is 0 Å². The fraction of sp³-hybridized carbons (Fsp3) is 0.211. The van der Waals surface area contributed by atoms with Crippen LogP contribution in [-0.4, -0.2) is 46.3 Å². The average Bonchev–Trinajstić information content (AvgIpc) is 2.61. The maximum Gasteiger partial charge on any atom is 0.524 e. The molecule has 0 aliphatic rings. The van der Waals surface area contributed by atoms with E-state index in [4.69, 9.17) is 0 Å². The van der Waals surface area contributed by atoms with E-state index >= 15 is 0 Å². The van der Waals surface area contributed by atoms with Crippen LogP contribution in [0.3, 0.4) is 0 Å². The van der Waals surface area contributed by atoms with Gasteiger partial charge in [0.15, 0.2) is 0 Å². The number of anilines is 2. The highest BCUT2D eigenvalue weighted by atomic mass is 16.8. The molecule has 0 amide bonds. The van der Waals surface area contributed by atoms with E-state index in [-0.39, 0.29) is 11.1 Å². The Labute approximate surface area is 151 Å². The minimum atomic E-state index is -1.37. The van der Waals surface area contributed by atoms with Crippen molar-refractivity contribution in [2.75, 3.05) is 38.0 Å². The van der Waals surface area contributed by atoms with E-state index in [0.717, 1.165) is 11.4 Å². The molecular weight excluding hydrogens is 336 g/mol. The molecule has 0 saturated heterocycles. The molecule has 0 fully saturated rings. The third-order valence-electron chi connectivity index (χ3n) is 3.55. The van der Waals surface area contributed by atoms with E-state index in [1.54, 1.807) is 46.2 Å². The maximum absolute atomic E-state index is 12.0. The molecule has 0 spiro atoms. The van der Waals surface area contributed by atoms with Crippen molar-refractivity contribution in [3.63, 3.8) is 0 Å². The van der Waals surface area contributed by atoms with E-state index in [1.165, 1.54) is 12.1 Å². The summed E-state index contributed by atoms with van der Waals surface area (Å²) < 4.78 is 9.18. The zero-order chi connectivity index (χ0) is 19.3. The van der Waals surface area contributed by atoms with Gasteiger partial charge in [-0.15, -0.1) is 0 Å². The van der Waals surface area contributed by atoms with Crippen molar-refractivity contribution in [1.82, 2.24) is 0 Å². The Hall–Kier alpha value is -3.35. The van der Waals surface area contributed by atoms with Gasteiger partial charge in [0, 0.05) is 39.6 Å². The predicted molar refractivity (Wildman–Crippen MR) is 97.8 cm³/mol. The van der Waals surface area contributed by atoms with Crippen molar-refractivity contribution in [3.05, 3.63) is 59.7 Å². The molecule has 0 unspecified atom stereocenters. The summed E-state index contributed by atoms with van der Waals surface area (Å²) in [4.78, 5) is 39.4. The van der Waals surface area contributed by atoms with Gasteiger partial charge in [-0.05, 0) is 36.4 Å². The second-order valence-electron chi connectivity index (χ2n) is 5.92. The van der Waals surface area contributed by atoms with Crippen LogP contribution in [0.1, 0.15) is 20.7 Å². The first-order valence-corrected chi connectivity index (χ1v) is 7.81. The molecule has 136 valence electrons. The Bertz CT molecular complexity index is 763. The molecule has 0 aliphatic carbocycles. The van der Waals surface area contributed by atoms with Gasteiger partial charge in [0.25, 0.3) is 0 Å². The van der Waals surface area contributed by atoms with Crippen molar-refractivity contribution >= 4 is 29.5 Å². The van der Waals surface area contributed by atoms with Crippen LogP contribution < -0.4 is 9.80 Å². The second kappa shape index (κ2) is 8.15. The number of rotatable bonds is 4. The molecule has 26 heavy (non-hydrogen) atoms. The Morgan fingerprint density at radius 3 is 1.42 bits per heavy atom. The van der Waals surface area contributed by atoms with Crippen molar-refractivity contribution in [3.8, 4) is 0 Å². The zero-order valence-corrected chi connectivity index (χ0v) is 15.1. The lowest BCUT2D eigenvalue weighted by Crippen LogP contribution is -2.19. The first-order chi connectivity index (χ1) is 12.3. The van der Waals surface area contributed by atoms with Crippen LogP contribution in [0.5, 0.6) is 0 Å². The molecule has 0 atom stereocenters. The third kappa shape index (κ3) is 4.83. The number of ether oxygens (including phenoxy) is 2. The lowest BCUT2D eigenvalue weighted by molar-refractivity contribution is 0.0337. The van der Waals surface area contributed by atoms with Crippen LogP contribution in [0.25, 0.3) is 0 Å². The summed E-state index contributed by atoms with van der Waals surface area (Å²) in [6.07, 6.45) is -1.37. The highest BCUT2D eigenvalue weighted by Gasteiger charge is 2.19. The van der Waals surface area contributed by atoms with E-state index in [0.29, 0.717) is 0 Å². The molecule has 0 radical (unpaired) electrons. The molecule has 2 aromatic rings. The van der Waals surface area contributed by atoms with Gasteiger partial charge >= 0.3 is 18.1 Å². The highest BCUT2D eigenvalue weighted by molar-refractivity contribution is 6.01. The fourth-order valence-electron chi connectivity index (χ4n) is 2.11. The van der Waals surface area contributed by atoms with E-state index in [2.05, 4.69) is 9.47 Å². The molecule has 7 heteroatoms. The number of hydrogen-bond acceptors (Lipinski definition) is 7. The van der Waals surface area contributed by atoms with Crippen LogP contribution in [-0.2, 0) is 9.47 Å². The quantitative estimate of drug-likeness (QED) is 0.616. The van der Waals surface area contributed by atoms with Gasteiger partial charge in [-0.1, -0.05) is 12.1 Å². The Kier molecular flexibility index (Phi) is 5.95. The van der Waals surface area contributed by atoms with Crippen molar-refractivity contribution in [2.45, 2.75) is 0 Å². The standard InChI is InChI=1S/C19H20N2O5/c1-20(2)15-9-5-7-13(11-15)17(22)25-19(24)26-18(23)14-8-6-10-16(12-14)21(3)4/h5-12H,1-4H3. The monoisotopic (exact) mass is 356 g/mol. The minimum Gasteiger partial charge on any atom is -0.378 e. The molecule has 7 nitrogen and oxygen atoms in total. The maximum atomic E-state index is 12.0. The van der Waals surface area contributed by atoms with Crippen LogP contribution in [0.2, 0.25) is 0 Å². The summed E-state index contributed by atoms with van der Waals surface area (Å²) in [7, 11) is 7.27. The number of benzene rings is 2. The summed E-state index contributed by atoms with van der Waals surface area (Å²) in [6.45, 7) is 0. The summed E-state index contributed by atoms with van der Waals surface area (Å²) in [5.41, 5.74) is 1.89. The molecule has 0 saturated carbocycles.